The van der Waals surface area contributed by atoms with Crippen molar-refractivity contribution in [2.45, 2.75) is 26.2 Å². The maximum Gasteiger partial charge on any atom is 0.192 e. The smallest absolute Gasteiger partial charge is 0.192 e. The third-order valence-corrected chi connectivity index (χ3v) is 5.53. The molecule has 0 spiro atoms. The molecule has 1 saturated heterocycles. The fourth-order valence-electron chi connectivity index (χ4n) is 2.83. The lowest BCUT2D eigenvalue weighted by Gasteiger charge is -2.21. The van der Waals surface area contributed by atoms with Crippen molar-refractivity contribution in [3.8, 4) is 0 Å². The fraction of sp³-hybridized carbons (Fsp3) is 0.500. The van der Waals surface area contributed by atoms with E-state index >= 15 is 0 Å². The molecule has 0 unspecified atom stereocenters. The second-order valence-electron chi connectivity index (χ2n) is 5.36. The summed E-state index contributed by atoms with van der Waals surface area (Å²) >= 11 is 0. The molecule has 0 radical (unpaired) electrons. The third kappa shape index (κ3) is 2.81. The van der Waals surface area contributed by atoms with Gasteiger partial charge in [0.25, 0.3) is 0 Å². The number of rotatable bonds is 2. The number of hydrogen-bond acceptors (Lipinski definition) is 4. The molecule has 102 valence electrons. The molecule has 2 aromatic rings. The summed E-state index contributed by atoms with van der Waals surface area (Å²) in [5.74, 6) is 1.57. The lowest BCUT2D eigenvalue weighted by molar-refractivity contribution is 0.484. The highest BCUT2D eigenvalue weighted by atomic mass is 32.2. The number of aryl methyl sites for hydroxylation is 1. The van der Waals surface area contributed by atoms with E-state index in [1.165, 1.54) is 0 Å². The number of oxazole rings is 1. The van der Waals surface area contributed by atoms with Crippen molar-refractivity contribution in [2.75, 3.05) is 11.5 Å². The van der Waals surface area contributed by atoms with Crippen LogP contribution in [-0.2, 0) is 16.3 Å². The van der Waals surface area contributed by atoms with Gasteiger partial charge in [-0.05, 0) is 42.9 Å². The minimum Gasteiger partial charge on any atom is -0.441 e. The molecular formula is C14H17NO3S. The highest BCUT2D eigenvalue weighted by Gasteiger charge is 2.24. The molecule has 1 fully saturated rings. The van der Waals surface area contributed by atoms with Gasteiger partial charge < -0.3 is 4.42 Å². The Morgan fingerprint density at radius 1 is 1.42 bits per heavy atom. The number of benzene rings is 1. The van der Waals surface area contributed by atoms with Gasteiger partial charge in [0, 0.05) is 6.92 Å². The van der Waals surface area contributed by atoms with E-state index in [4.69, 9.17) is 4.42 Å². The highest BCUT2D eigenvalue weighted by molar-refractivity contribution is 7.91. The van der Waals surface area contributed by atoms with E-state index in [2.05, 4.69) is 4.98 Å². The van der Waals surface area contributed by atoms with Gasteiger partial charge in [0.15, 0.2) is 21.3 Å². The van der Waals surface area contributed by atoms with Crippen molar-refractivity contribution >= 4 is 20.9 Å². The zero-order valence-corrected chi connectivity index (χ0v) is 11.7. The van der Waals surface area contributed by atoms with E-state index in [0.29, 0.717) is 17.4 Å². The normalized spacial score (nSPS) is 22.7. The second kappa shape index (κ2) is 4.63. The van der Waals surface area contributed by atoms with E-state index in [0.717, 1.165) is 35.9 Å². The molecule has 3 rings (SSSR count). The number of nitrogens with zero attached hydrogens (tertiary/aromatic N) is 1. The van der Waals surface area contributed by atoms with Crippen LogP contribution in [-0.4, -0.2) is 24.9 Å². The van der Waals surface area contributed by atoms with Crippen molar-refractivity contribution in [1.29, 1.82) is 0 Å². The second-order valence-corrected chi connectivity index (χ2v) is 7.59. The van der Waals surface area contributed by atoms with Crippen LogP contribution in [0, 0.1) is 12.8 Å². The van der Waals surface area contributed by atoms with Gasteiger partial charge >= 0.3 is 0 Å². The lowest BCUT2D eigenvalue weighted by Crippen LogP contribution is -2.26. The molecule has 2 heterocycles. The van der Waals surface area contributed by atoms with Gasteiger partial charge in [-0.3, -0.25) is 0 Å². The minimum absolute atomic E-state index is 0.240. The topological polar surface area (TPSA) is 60.2 Å². The molecule has 0 aliphatic carbocycles. The lowest BCUT2D eigenvalue weighted by atomic mass is 9.96. The van der Waals surface area contributed by atoms with Crippen LogP contribution in [0.4, 0.5) is 0 Å². The van der Waals surface area contributed by atoms with Gasteiger partial charge in [0.2, 0.25) is 0 Å². The summed E-state index contributed by atoms with van der Waals surface area (Å²) < 4.78 is 28.7. The Hall–Kier alpha value is -1.36. The number of fused-ring (bicyclic) bond motifs is 1. The Balaban J connectivity index is 1.81. The number of hydrogen-bond donors (Lipinski definition) is 0. The molecule has 1 aliphatic heterocycles. The van der Waals surface area contributed by atoms with Crippen LogP contribution in [0.25, 0.3) is 11.1 Å². The molecule has 5 heteroatoms. The molecule has 0 N–H and O–H groups in total. The van der Waals surface area contributed by atoms with Crippen molar-refractivity contribution in [3.05, 3.63) is 29.7 Å². The summed E-state index contributed by atoms with van der Waals surface area (Å²) in [7, 11) is -2.82. The van der Waals surface area contributed by atoms with E-state index in [9.17, 15) is 8.42 Å². The minimum atomic E-state index is -2.82. The Kier molecular flexibility index (Phi) is 3.09. The molecule has 0 bridgehead atoms. The summed E-state index contributed by atoms with van der Waals surface area (Å²) in [5.41, 5.74) is 2.79. The first kappa shape index (κ1) is 12.7. The SMILES string of the molecule is Cc1nc2cc(C[C@@H]3CCCS(=O)(=O)C3)ccc2o1. The van der Waals surface area contributed by atoms with Gasteiger partial charge in [-0.2, -0.15) is 0 Å². The van der Waals surface area contributed by atoms with Gasteiger partial charge in [0.1, 0.15) is 5.52 Å². The Morgan fingerprint density at radius 2 is 2.26 bits per heavy atom. The van der Waals surface area contributed by atoms with Crippen LogP contribution >= 0.6 is 0 Å². The zero-order chi connectivity index (χ0) is 13.5. The Morgan fingerprint density at radius 3 is 3.05 bits per heavy atom. The number of aromatic nitrogens is 1. The van der Waals surface area contributed by atoms with Crippen molar-refractivity contribution in [1.82, 2.24) is 4.98 Å². The molecular weight excluding hydrogens is 262 g/mol. The van der Waals surface area contributed by atoms with Crippen LogP contribution in [0.2, 0.25) is 0 Å². The van der Waals surface area contributed by atoms with Crippen LogP contribution in [0.15, 0.2) is 22.6 Å². The molecule has 0 saturated carbocycles. The summed E-state index contributed by atoms with van der Waals surface area (Å²) in [6, 6.07) is 5.93. The summed E-state index contributed by atoms with van der Waals surface area (Å²) in [4.78, 5) is 4.31. The first-order chi connectivity index (χ1) is 9.02. The van der Waals surface area contributed by atoms with Crippen LogP contribution in [0.3, 0.4) is 0 Å². The van der Waals surface area contributed by atoms with Crippen molar-refractivity contribution < 1.29 is 12.8 Å². The van der Waals surface area contributed by atoms with Crippen LogP contribution < -0.4 is 0 Å². The molecule has 1 aromatic carbocycles. The highest BCUT2D eigenvalue weighted by Crippen LogP contribution is 2.24. The van der Waals surface area contributed by atoms with Gasteiger partial charge in [0.05, 0.1) is 11.5 Å². The Labute approximate surface area is 112 Å². The zero-order valence-electron chi connectivity index (χ0n) is 10.9. The molecule has 1 aromatic heterocycles. The predicted molar refractivity (Wildman–Crippen MR) is 73.8 cm³/mol. The standard InChI is InChI=1S/C14H17NO3S/c1-10-15-13-8-11(4-5-14(13)18-10)7-12-3-2-6-19(16,17)9-12/h4-5,8,12H,2-3,6-7,9H2,1H3/t12-/m0/s1. The largest absolute Gasteiger partial charge is 0.441 e. The van der Waals surface area contributed by atoms with E-state index in [-0.39, 0.29) is 5.92 Å². The van der Waals surface area contributed by atoms with Crippen molar-refractivity contribution in [3.63, 3.8) is 0 Å². The average molecular weight is 279 g/mol. The first-order valence-corrected chi connectivity index (χ1v) is 8.40. The Bertz CT molecular complexity index is 703. The van der Waals surface area contributed by atoms with Crippen molar-refractivity contribution in [2.24, 2.45) is 5.92 Å². The predicted octanol–water partition coefficient (Wildman–Crippen LogP) is 2.50. The van der Waals surface area contributed by atoms with Gasteiger partial charge in [-0.25, -0.2) is 13.4 Å². The maximum atomic E-state index is 11.6. The molecule has 0 amide bonds. The van der Waals surface area contributed by atoms with E-state index < -0.39 is 9.84 Å². The first-order valence-electron chi connectivity index (χ1n) is 6.58. The quantitative estimate of drug-likeness (QED) is 0.847. The van der Waals surface area contributed by atoms with Crippen LogP contribution in [0.1, 0.15) is 24.3 Å². The molecule has 19 heavy (non-hydrogen) atoms. The average Bonchev–Trinajstić information content (AvgIpc) is 2.67. The number of sulfone groups is 1. The van der Waals surface area contributed by atoms with Gasteiger partial charge in [-0.15, -0.1) is 0 Å². The summed E-state index contributed by atoms with van der Waals surface area (Å²) in [6.45, 7) is 1.83. The third-order valence-electron chi connectivity index (χ3n) is 3.64. The molecule has 1 atom stereocenters. The van der Waals surface area contributed by atoms with E-state index in [1.54, 1.807) is 0 Å². The van der Waals surface area contributed by atoms with Gasteiger partial charge in [-0.1, -0.05) is 6.07 Å². The summed E-state index contributed by atoms with van der Waals surface area (Å²) in [5, 5.41) is 0. The molecule has 4 nitrogen and oxygen atoms in total. The molecule has 1 aliphatic rings. The van der Waals surface area contributed by atoms with Crippen LogP contribution in [0.5, 0.6) is 0 Å². The maximum absolute atomic E-state index is 11.6. The fourth-order valence-corrected chi connectivity index (χ4v) is 4.60. The summed E-state index contributed by atoms with van der Waals surface area (Å²) in [6.07, 6.45) is 2.59. The van der Waals surface area contributed by atoms with E-state index in [1.807, 2.05) is 25.1 Å². The monoisotopic (exact) mass is 279 g/mol.